The summed E-state index contributed by atoms with van der Waals surface area (Å²) in [5, 5.41) is 6.82. The van der Waals surface area contributed by atoms with Crippen molar-refractivity contribution in [1.29, 1.82) is 0 Å². The van der Waals surface area contributed by atoms with Crippen LogP contribution in [0.5, 0.6) is 0 Å². The molecule has 170 valence electrons. The smallest absolute Gasteiger partial charge is 0.415 e. The van der Waals surface area contributed by atoms with Gasteiger partial charge < -0.3 is 14.3 Å². The minimum absolute atomic E-state index is 0.00313. The van der Waals surface area contributed by atoms with E-state index in [0.717, 1.165) is 37.8 Å². The Morgan fingerprint density at radius 2 is 1.81 bits per heavy atom. The van der Waals surface area contributed by atoms with Crippen LogP contribution in [-0.4, -0.2) is 31.5 Å². The van der Waals surface area contributed by atoms with Crippen molar-refractivity contribution in [2.24, 2.45) is 0 Å². The average molecular weight is 475 g/mol. The maximum Gasteiger partial charge on any atom is 0.416 e. The van der Waals surface area contributed by atoms with Gasteiger partial charge in [-0.2, -0.15) is 13.2 Å². The zero-order valence-corrected chi connectivity index (χ0v) is 19.4. The summed E-state index contributed by atoms with van der Waals surface area (Å²) in [6.07, 6.45) is -0.821. The monoisotopic (exact) mass is 474 g/mol. The third kappa shape index (κ3) is 6.11. The Morgan fingerprint density at radius 1 is 1.19 bits per heavy atom. The highest BCUT2D eigenvalue weighted by Crippen LogP contribution is 2.33. The second-order valence-corrected chi connectivity index (χ2v) is 13.5. The summed E-state index contributed by atoms with van der Waals surface area (Å²) in [7, 11) is -1.59. The van der Waals surface area contributed by atoms with Gasteiger partial charge in [0.25, 0.3) is 5.91 Å². The summed E-state index contributed by atoms with van der Waals surface area (Å²) in [6, 6.07) is 4.47. The van der Waals surface area contributed by atoms with Gasteiger partial charge in [-0.15, -0.1) is 11.6 Å². The van der Waals surface area contributed by atoms with Gasteiger partial charge in [0.15, 0.2) is 19.8 Å². The summed E-state index contributed by atoms with van der Waals surface area (Å²) in [4.78, 5) is 12.8. The largest absolute Gasteiger partial charge is 0.416 e. The Morgan fingerprint density at radius 3 is 2.32 bits per heavy atom. The normalized spacial score (nSPS) is 20.0. The lowest BCUT2D eigenvalue weighted by atomic mass is 9.93. The van der Waals surface area contributed by atoms with Gasteiger partial charge in [0, 0.05) is 23.3 Å². The number of benzene rings is 1. The van der Waals surface area contributed by atoms with Crippen molar-refractivity contribution < 1.29 is 26.9 Å². The molecule has 0 atom stereocenters. The summed E-state index contributed by atoms with van der Waals surface area (Å²) >= 11 is 6.03. The first-order valence-electron chi connectivity index (χ1n) is 10.2. The van der Waals surface area contributed by atoms with Crippen molar-refractivity contribution in [3.05, 3.63) is 41.1 Å². The summed E-state index contributed by atoms with van der Waals surface area (Å²) in [5.41, 5.74) is 0.0223. The minimum Gasteiger partial charge on any atom is -0.415 e. The second-order valence-electron chi connectivity index (χ2n) is 8.72. The van der Waals surface area contributed by atoms with Gasteiger partial charge >= 0.3 is 6.18 Å². The van der Waals surface area contributed by atoms with Gasteiger partial charge in [-0.1, -0.05) is 17.3 Å². The van der Waals surface area contributed by atoms with E-state index in [-0.39, 0.29) is 29.5 Å². The minimum atomic E-state index is -4.43. The number of nitrogens with one attached hydrogen (secondary N) is 1. The quantitative estimate of drug-likeness (QED) is 0.412. The van der Waals surface area contributed by atoms with Crippen LogP contribution in [0, 0.1) is 0 Å². The van der Waals surface area contributed by atoms with Crippen LogP contribution >= 0.6 is 11.6 Å². The van der Waals surface area contributed by atoms with E-state index in [4.69, 9.17) is 20.6 Å². The van der Waals surface area contributed by atoms with E-state index in [1.54, 1.807) is 0 Å². The van der Waals surface area contributed by atoms with Crippen LogP contribution < -0.4 is 5.32 Å². The molecule has 10 heteroatoms. The van der Waals surface area contributed by atoms with Crippen molar-refractivity contribution in [2.75, 3.05) is 0 Å². The number of hydrogen-bond donors (Lipinski definition) is 1. The molecule has 1 saturated carbocycles. The van der Waals surface area contributed by atoms with E-state index < -0.39 is 26.0 Å². The van der Waals surface area contributed by atoms with Gasteiger partial charge in [0.2, 0.25) is 0 Å². The van der Waals surface area contributed by atoms with Crippen LogP contribution in [-0.2, 0) is 16.5 Å². The molecule has 0 radical (unpaired) electrons. The second kappa shape index (κ2) is 9.34. The summed E-state index contributed by atoms with van der Waals surface area (Å²) in [5.74, 6) is -0.257. The number of amides is 1. The van der Waals surface area contributed by atoms with E-state index in [2.05, 4.69) is 30.1 Å². The highest BCUT2D eigenvalue weighted by atomic mass is 35.5. The maximum absolute atomic E-state index is 12.8. The average Bonchev–Trinajstić information content (AvgIpc) is 3.12. The lowest BCUT2D eigenvalue weighted by Gasteiger charge is -2.33. The Bertz CT molecular complexity index is 902. The predicted molar refractivity (Wildman–Crippen MR) is 114 cm³/mol. The molecule has 1 aliphatic rings. The Kier molecular flexibility index (Phi) is 7.17. The van der Waals surface area contributed by atoms with Crippen molar-refractivity contribution in [3.8, 4) is 11.3 Å². The summed E-state index contributed by atoms with van der Waals surface area (Å²) in [6.45, 7) is 6.48. The molecule has 1 N–H and O–H groups in total. The maximum atomic E-state index is 12.8. The number of rotatable bonds is 6. The van der Waals surface area contributed by atoms with E-state index >= 15 is 0 Å². The van der Waals surface area contributed by atoms with Crippen LogP contribution in [0.3, 0.4) is 0 Å². The lowest BCUT2D eigenvalue weighted by Crippen LogP contribution is -2.41. The summed E-state index contributed by atoms with van der Waals surface area (Å²) < 4.78 is 49.8. The number of aromatic nitrogens is 1. The number of alkyl halides is 4. The van der Waals surface area contributed by atoms with Gasteiger partial charge in [-0.25, -0.2) is 0 Å². The van der Waals surface area contributed by atoms with Crippen molar-refractivity contribution >= 4 is 25.8 Å². The molecule has 1 amide bonds. The molecule has 3 rings (SSSR count). The molecule has 31 heavy (non-hydrogen) atoms. The number of carbonyl (C=O) groups excluding carboxylic acids is 1. The van der Waals surface area contributed by atoms with Crippen molar-refractivity contribution in [3.63, 3.8) is 0 Å². The molecular weight excluding hydrogens is 449 g/mol. The third-order valence-electron chi connectivity index (χ3n) is 5.14. The fraction of sp³-hybridized carbons (Fsp3) is 0.524. The first kappa shape index (κ1) is 23.8. The molecular formula is C21H26ClF3N2O3Si. The van der Waals surface area contributed by atoms with Crippen LogP contribution in [0.15, 0.2) is 28.8 Å². The van der Waals surface area contributed by atoms with E-state index in [9.17, 15) is 18.0 Å². The van der Waals surface area contributed by atoms with E-state index in [0.29, 0.717) is 11.1 Å². The van der Waals surface area contributed by atoms with Crippen molar-refractivity contribution in [2.45, 2.75) is 69.5 Å². The lowest BCUT2D eigenvalue weighted by molar-refractivity contribution is -0.137. The Labute approximate surface area is 185 Å². The van der Waals surface area contributed by atoms with E-state index in [1.807, 2.05) is 0 Å². The molecule has 2 aromatic rings. The van der Waals surface area contributed by atoms with Gasteiger partial charge in [0.05, 0.1) is 11.4 Å². The van der Waals surface area contributed by atoms with Gasteiger partial charge in [0.1, 0.15) is 0 Å². The molecule has 5 nitrogen and oxygen atoms in total. The molecule has 0 bridgehead atoms. The van der Waals surface area contributed by atoms with Gasteiger partial charge in [-0.05, 0) is 57.5 Å². The molecule has 0 saturated heterocycles. The Balaban J connectivity index is 1.67. The van der Waals surface area contributed by atoms with Gasteiger partial charge in [-0.3, -0.25) is 4.79 Å². The van der Waals surface area contributed by atoms with Crippen molar-refractivity contribution in [1.82, 2.24) is 10.5 Å². The number of nitrogens with zero attached hydrogens (tertiary/aromatic N) is 1. The Hall–Kier alpha value is -1.84. The highest BCUT2D eigenvalue weighted by molar-refractivity contribution is 6.69. The molecule has 1 aliphatic carbocycles. The van der Waals surface area contributed by atoms with Crippen LogP contribution in [0.1, 0.15) is 47.3 Å². The number of carbonyl (C=O) groups is 1. The fourth-order valence-electron chi connectivity index (χ4n) is 3.73. The first-order chi connectivity index (χ1) is 14.5. The number of hydrogen-bond acceptors (Lipinski definition) is 4. The van der Waals surface area contributed by atoms with Crippen LogP contribution in [0.4, 0.5) is 13.2 Å². The molecule has 0 unspecified atom stereocenters. The first-order valence-corrected chi connectivity index (χ1v) is 14.1. The number of halogens is 4. The van der Waals surface area contributed by atoms with Crippen LogP contribution in [0.25, 0.3) is 11.3 Å². The van der Waals surface area contributed by atoms with E-state index in [1.165, 1.54) is 12.1 Å². The SMILES string of the molecule is C[Si](C)(C)O[C@H]1CC[C@@H](NC(=O)c2noc(-c3ccc(C(F)(F)F)cc3)c2CCl)CC1. The topological polar surface area (TPSA) is 64.4 Å². The molecule has 1 aromatic carbocycles. The molecule has 1 aromatic heterocycles. The standard InChI is InChI=1S/C21H26ClF3N2O3Si/c1-31(2,3)30-16-10-8-15(9-11-16)26-20(28)18-17(12-22)19(29-27-18)13-4-6-14(7-5-13)21(23,24)25/h4-7,15-16H,8-12H2,1-3H3,(H,26,28)/t15-,16+. The molecule has 1 heterocycles. The third-order valence-corrected chi connectivity index (χ3v) is 6.45. The molecule has 0 aliphatic heterocycles. The zero-order chi connectivity index (χ0) is 22.8. The fourth-order valence-corrected chi connectivity index (χ4v) is 5.21. The van der Waals surface area contributed by atoms with Crippen LogP contribution in [0.2, 0.25) is 19.6 Å². The zero-order valence-electron chi connectivity index (χ0n) is 17.7. The molecule has 1 fully saturated rings. The highest BCUT2D eigenvalue weighted by Gasteiger charge is 2.31. The molecule has 0 spiro atoms. The predicted octanol–water partition coefficient (Wildman–Crippen LogP) is 5.99.